The van der Waals surface area contributed by atoms with Crippen molar-refractivity contribution in [2.24, 2.45) is 0 Å². The van der Waals surface area contributed by atoms with Gasteiger partial charge in [0.1, 0.15) is 5.69 Å². The third kappa shape index (κ3) is 4.54. The van der Waals surface area contributed by atoms with Crippen LogP contribution in [0.4, 0.5) is 23.0 Å². The number of nitrogens with zero attached hydrogens (tertiary/aromatic N) is 3. The first-order chi connectivity index (χ1) is 14.1. The molecule has 6 heteroatoms. The zero-order valence-electron chi connectivity index (χ0n) is 16.8. The molecule has 1 aliphatic rings. The highest BCUT2D eigenvalue weighted by molar-refractivity contribution is 6.03. The second kappa shape index (κ2) is 8.31. The van der Waals surface area contributed by atoms with E-state index in [1.165, 1.54) is 18.5 Å². The van der Waals surface area contributed by atoms with Crippen LogP contribution in [0.2, 0.25) is 0 Å². The molecule has 2 N–H and O–H groups in total. The van der Waals surface area contributed by atoms with Crippen LogP contribution in [-0.4, -0.2) is 29.0 Å². The Kier molecular flexibility index (Phi) is 5.42. The Bertz CT molecular complexity index is 1010. The Hall–Kier alpha value is -3.41. The van der Waals surface area contributed by atoms with Crippen molar-refractivity contribution in [3.8, 4) is 0 Å². The lowest BCUT2D eigenvalue weighted by Crippen LogP contribution is -2.17. The maximum atomic E-state index is 12.6. The highest BCUT2D eigenvalue weighted by Crippen LogP contribution is 2.23. The van der Waals surface area contributed by atoms with Crippen LogP contribution in [0.5, 0.6) is 0 Å². The molecule has 6 nitrogen and oxygen atoms in total. The summed E-state index contributed by atoms with van der Waals surface area (Å²) in [6.07, 6.45) is 4.10. The monoisotopic (exact) mass is 387 g/mol. The molecule has 148 valence electrons. The lowest BCUT2D eigenvalue weighted by Gasteiger charge is -2.17. The van der Waals surface area contributed by atoms with Crippen molar-refractivity contribution in [3.63, 3.8) is 0 Å². The molecule has 0 atom stereocenters. The molecule has 0 radical (unpaired) electrons. The number of hydrogen-bond donors (Lipinski definition) is 2. The van der Waals surface area contributed by atoms with Crippen LogP contribution in [0.25, 0.3) is 0 Å². The van der Waals surface area contributed by atoms with Crippen molar-refractivity contribution in [2.75, 3.05) is 28.6 Å². The number of amides is 1. The first kappa shape index (κ1) is 18.9. The molecule has 0 aliphatic carbocycles. The fraction of sp³-hybridized carbons (Fsp3) is 0.261. The van der Waals surface area contributed by atoms with E-state index in [-0.39, 0.29) is 5.91 Å². The molecule has 1 aliphatic heterocycles. The minimum atomic E-state index is -0.256. The van der Waals surface area contributed by atoms with Gasteiger partial charge in [0.25, 0.3) is 5.91 Å². The molecule has 3 aromatic rings. The van der Waals surface area contributed by atoms with Gasteiger partial charge in [0.05, 0.1) is 0 Å². The van der Waals surface area contributed by atoms with Gasteiger partial charge in [0.15, 0.2) is 0 Å². The van der Waals surface area contributed by atoms with Crippen molar-refractivity contribution >= 4 is 28.9 Å². The van der Waals surface area contributed by atoms with Crippen molar-refractivity contribution in [1.82, 2.24) is 9.97 Å². The summed E-state index contributed by atoms with van der Waals surface area (Å²) in [4.78, 5) is 23.6. The normalized spacial score (nSPS) is 13.4. The summed E-state index contributed by atoms with van der Waals surface area (Å²) in [5, 5.41) is 6.12. The van der Waals surface area contributed by atoms with Crippen LogP contribution in [-0.2, 0) is 0 Å². The summed E-state index contributed by atoms with van der Waals surface area (Å²) in [5.74, 6) is 0.140. The van der Waals surface area contributed by atoms with Gasteiger partial charge in [-0.15, -0.1) is 0 Å². The van der Waals surface area contributed by atoms with E-state index in [4.69, 9.17) is 0 Å². The quantitative estimate of drug-likeness (QED) is 0.665. The number of nitrogens with one attached hydrogen (secondary N) is 2. The zero-order chi connectivity index (χ0) is 20.2. The van der Waals surface area contributed by atoms with E-state index in [0.29, 0.717) is 11.6 Å². The summed E-state index contributed by atoms with van der Waals surface area (Å²) in [5.41, 5.74) is 5.33. The number of carbonyl (C=O) groups is 1. The average molecular weight is 387 g/mol. The van der Waals surface area contributed by atoms with Gasteiger partial charge in [-0.05, 0) is 74.2 Å². The lowest BCUT2D eigenvalue weighted by molar-refractivity contribution is 0.102. The molecule has 2 aromatic carbocycles. The Morgan fingerprint density at radius 1 is 1.00 bits per heavy atom. The number of aryl methyl sites for hydroxylation is 2. The fourth-order valence-electron chi connectivity index (χ4n) is 3.46. The Labute approximate surface area is 171 Å². The van der Waals surface area contributed by atoms with Crippen molar-refractivity contribution in [2.45, 2.75) is 26.7 Å². The van der Waals surface area contributed by atoms with Crippen molar-refractivity contribution in [3.05, 3.63) is 71.5 Å². The summed E-state index contributed by atoms with van der Waals surface area (Å²) in [7, 11) is 0. The smallest absolute Gasteiger partial charge is 0.274 e. The fourth-order valence-corrected chi connectivity index (χ4v) is 3.46. The summed E-state index contributed by atoms with van der Waals surface area (Å²) in [6, 6.07) is 15.8. The van der Waals surface area contributed by atoms with Crippen molar-refractivity contribution in [1.29, 1.82) is 0 Å². The average Bonchev–Trinajstić information content (AvgIpc) is 3.26. The van der Waals surface area contributed by atoms with Crippen LogP contribution in [0, 0.1) is 13.8 Å². The second-order valence-corrected chi connectivity index (χ2v) is 7.40. The molecular formula is C23H25N5O. The van der Waals surface area contributed by atoms with Gasteiger partial charge in [0.2, 0.25) is 5.95 Å². The van der Waals surface area contributed by atoms with Crippen LogP contribution in [0.1, 0.15) is 34.5 Å². The zero-order valence-corrected chi connectivity index (χ0v) is 16.8. The maximum absolute atomic E-state index is 12.6. The predicted octanol–water partition coefficient (Wildman–Crippen LogP) is 4.69. The van der Waals surface area contributed by atoms with E-state index in [1.807, 2.05) is 44.2 Å². The Morgan fingerprint density at radius 2 is 1.76 bits per heavy atom. The van der Waals surface area contributed by atoms with E-state index in [0.717, 1.165) is 35.6 Å². The number of hydrogen-bond acceptors (Lipinski definition) is 5. The minimum Gasteiger partial charge on any atom is -0.372 e. The molecule has 1 saturated heterocycles. The third-order valence-corrected chi connectivity index (χ3v) is 5.12. The number of benzene rings is 2. The van der Waals surface area contributed by atoms with Crippen molar-refractivity contribution < 1.29 is 4.79 Å². The molecule has 0 saturated carbocycles. The standard InChI is InChI=1S/C23H25N5O/c1-16-5-6-17(2)21(15-16)26-22(29)20-11-12-24-23(27-20)25-18-7-9-19(10-8-18)28-13-3-4-14-28/h5-12,15H,3-4,13-14H2,1-2H3,(H,26,29)(H,24,25,27). The number of aromatic nitrogens is 2. The van der Waals surface area contributed by atoms with E-state index in [1.54, 1.807) is 12.3 Å². The molecule has 0 spiro atoms. The van der Waals surface area contributed by atoms with Crippen LogP contribution < -0.4 is 15.5 Å². The van der Waals surface area contributed by atoms with E-state index in [9.17, 15) is 4.79 Å². The van der Waals surface area contributed by atoms with Crippen LogP contribution in [0.3, 0.4) is 0 Å². The first-order valence-corrected chi connectivity index (χ1v) is 9.92. The van der Waals surface area contributed by atoms with E-state index in [2.05, 4.69) is 37.6 Å². The van der Waals surface area contributed by atoms with Gasteiger partial charge in [-0.2, -0.15) is 0 Å². The van der Waals surface area contributed by atoms with Gasteiger partial charge in [-0.25, -0.2) is 9.97 Å². The Morgan fingerprint density at radius 3 is 2.52 bits per heavy atom. The predicted molar refractivity (Wildman–Crippen MR) is 117 cm³/mol. The molecule has 0 bridgehead atoms. The molecule has 1 fully saturated rings. The number of anilines is 4. The van der Waals surface area contributed by atoms with Gasteiger partial charge in [-0.3, -0.25) is 4.79 Å². The molecular weight excluding hydrogens is 362 g/mol. The summed E-state index contributed by atoms with van der Waals surface area (Å²) >= 11 is 0. The highest BCUT2D eigenvalue weighted by Gasteiger charge is 2.13. The third-order valence-electron chi connectivity index (χ3n) is 5.12. The molecule has 4 rings (SSSR count). The topological polar surface area (TPSA) is 70.2 Å². The van der Waals surface area contributed by atoms with Gasteiger partial charge < -0.3 is 15.5 Å². The van der Waals surface area contributed by atoms with Gasteiger partial charge >= 0.3 is 0 Å². The SMILES string of the molecule is Cc1ccc(C)c(NC(=O)c2ccnc(Nc3ccc(N4CCCC4)cc3)n2)c1. The van der Waals surface area contributed by atoms with Crippen LogP contribution in [0.15, 0.2) is 54.7 Å². The molecule has 2 heterocycles. The van der Waals surface area contributed by atoms with Crippen LogP contribution >= 0.6 is 0 Å². The maximum Gasteiger partial charge on any atom is 0.274 e. The summed E-state index contributed by atoms with van der Waals surface area (Å²) in [6.45, 7) is 6.20. The lowest BCUT2D eigenvalue weighted by atomic mass is 10.1. The molecule has 1 amide bonds. The molecule has 0 unspecified atom stereocenters. The van der Waals surface area contributed by atoms with Gasteiger partial charge in [-0.1, -0.05) is 12.1 Å². The van der Waals surface area contributed by atoms with Gasteiger partial charge in [0, 0.05) is 36.3 Å². The second-order valence-electron chi connectivity index (χ2n) is 7.40. The Balaban J connectivity index is 1.45. The van der Waals surface area contributed by atoms with E-state index < -0.39 is 0 Å². The highest BCUT2D eigenvalue weighted by atomic mass is 16.1. The molecule has 29 heavy (non-hydrogen) atoms. The number of carbonyl (C=O) groups excluding carboxylic acids is 1. The molecule has 1 aromatic heterocycles. The summed E-state index contributed by atoms with van der Waals surface area (Å²) < 4.78 is 0. The van der Waals surface area contributed by atoms with E-state index >= 15 is 0 Å². The largest absolute Gasteiger partial charge is 0.372 e. The minimum absolute atomic E-state index is 0.256. The first-order valence-electron chi connectivity index (χ1n) is 9.92. The number of rotatable bonds is 5.